The molecule has 1 amide bonds. The van der Waals surface area contributed by atoms with Crippen LogP contribution >= 0.6 is 0 Å². The lowest BCUT2D eigenvalue weighted by molar-refractivity contribution is 0.0576. The molecule has 34 heavy (non-hydrogen) atoms. The van der Waals surface area contributed by atoms with Gasteiger partial charge in [0.25, 0.3) is 5.91 Å². The average molecular weight is 452 g/mol. The minimum absolute atomic E-state index is 0.154. The van der Waals surface area contributed by atoms with E-state index in [1.54, 1.807) is 0 Å². The number of amides is 1. The van der Waals surface area contributed by atoms with Crippen molar-refractivity contribution in [3.05, 3.63) is 107 Å². The van der Waals surface area contributed by atoms with E-state index in [0.29, 0.717) is 6.04 Å². The van der Waals surface area contributed by atoms with Crippen molar-refractivity contribution < 1.29 is 4.79 Å². The van der Waals surface area contributed by atoms with E-state index in [9.17, 15) is 4.79 Å². The third-order valence-corrected chi connectivity index (χ3v) is 6.93. The van der Waals surface area contributed by atoms with Crippen molar-refractivity contribution in [3.63, 3.8) is 0 Å². The number of benzene rings is 3. The van der Waals surface area contributed by atoms with Gasteiger partial charge in [-0.25, -0.2) is 0 Å². The molecule has 174 valence electrons. The molecule has 0 spiro atoms. The van der Waals surface area contributed by atoms with Crippen molar-refractivity contribution in [3.8, 4) is 0 Å². The number of rotatable bonds is 6. The number of carbonyl (C=O) groups is 1. The molecule has 1 saturated heterocycles. The zero-order valence-electron chi connectivity index (χ0n) is 20.1. The summed E-state index contributed by atoms with van der Waals surface area (Å²) in [6.45, 7) is 5.70. The van der Waals surface area contributed by atoms with Crippen LogP contribution in [0, 0.1) is 13.8 Å². The van der Waals surface area contributed by atoms with Gasteiger partial charge in [0.15, 0.2) is 0 Å². The van der Waals surface area contributed by atoms with Crippen LogP contribution in [0.15, 0.2) is 78.9 Å². The number of H-pyrrole nitrogens is 1. The van der Waals surface area contributed by atoms with E-state index in [1.165, 1.54) is 22.2 Å². The minimum atomic E-state index is 0.154. The van der Waals surface area contributed by atoms with Gasteiger partial charge in [0, 0.05) is 41.9 Å². The molecule has 3 aromatic carbocycles. The topological polar surface area (TPSA) is 48.1 Å². The fourth-order valence-electron chi connectivity index (χ4n) is 5.33. The second kappa shape index (κ2) is 9.86. The summed E-state index contributed by atoms with van der Waals surface area (Å²) < 4.78 is 0. The highest BCUT2D eigenvalue weighted by atomic mass is 16.2. The number of aromatic amines is 1. The standard InChI is InChI=1S/C30H33N3O/c1-21-14-22(2)16-25(15-21)30(34)33-13-12-26(19-28(33)17-23-8-4-3-5-9-23)31-20-27-18-24-10-6-7-11-29(24)32-27/h3-11,14-16,18,26,28,31-32H,12-13,17,19-20H2,1-2H3. The van der Waals surface area contributed by atoms with Gasteiger partial charge >= 0.3 is 0 Å². The minimum Gasteiger partial charge on any atom is -0.357 e. The molecule has 0 aliphatic carbocycles. The first-order valence-electron chi connectivity index (χ1n) is 12.3. The van der Waals surface area contributed by atoms with Crippen molar-refractivity contribution in [2.45, 2.75) is 51.7 Å². The van der Waals surface area contributed by atoms with E-state index in [4.69, 9.17) is 0 Å². The first-order chi connectivity index (χ1) is 16.5. The maximum atomic E-state index is 13.6. The molecule has 2 atom stereocenters. The van der Waals surface area contributed by atoms with Crippen molar-refractivity contribution >= 4 is 16.8 Å². The summed E-state index contributed by atoms with van der Waals surface area (Å²) in [6.07, 6.45) is 2.79. The SMILES string of the molecule is Cc1cc(C)cc(C(=O)N2CCC(NCc3cc4ccccc4[nH]3)CC2Cc2ccccc2)c1. The number of hydrogen-bond acceptors (Lipinski definition) is 2. The number of likely N-dealkylation sites (tertiary alicyclic amines) is 1. The first-order valence-corrected chi connectivity index (χ1v) is 12.3. The highest BCUT2D eigenvalue weighted by Gasteiger charge is 2.32. The molecule has 0 radical (unpaired) electrons. The normalized spacial score (nSPS) is 18.4. The van der Waals surface area contributed by atoms with Gasteiger partial charge in [-0.1, -0.05) is 65.7 Å². The van der Waals surface area contributed by atoms with E-state index in [0.717, 1.165) is 49.0 Å². The first kappa shape index (κ1) is 22.4. The molecular weight excluding hydrogens is 418 g/mol. The molecule has 2 unspecified atom stereocenters. The molecule has 4 heteroatoms. The highest BCUT2D eigenvalue weighted by molar-refractivity contribution is 5.95. The number of aryl methyl sites for hydroxylation is 2. The number of nitrogens with one attached hydrogen (secondary N) is 2. The number of carbonyl (C=O) groups excluding carboxylic acids is 1. The highest BCUT2D eigenvalue weighted by Crippen LogP contribution is 2.25. The van der Waals surface area contributed by atoms with Crippen LogP contribution in [0.2, 0.25) is 0 Å². The number of nitrogens with zero attached hydrogens (tertiary/aromatic N) is 1. The van der Waals surface area contributed by atoms with Crippen molar-refractivity contribution in [1.29, 1.82) is 0 Å². The van der Waals surface area contributed by atoms with Gasteiger partial charge in [-0.05, 0) is 68.3 Å². The Kier molecular flexibility index (Phi) is 6.50. The third-order valence-electron chi connectivity index (χ3n) is 6.93. The lowest BCUT2D eigenvalue weighted by Gasteiger charge is -2.40. The van der Waals surface area contributed by atoms with Crippen LogP contribution in [0.4, 0.5) is 0 Å². The number of fused-ring (bicyclic) bond motifs is 1. The molecule has 5 rings (SSSR count). The Bertz CT molecular complexity index is 1220. The van der Waals surface area contributed by atoms with E-state index in [-0.39, 0.29) is 11.9 Å². The summed E-state index contributed by atoms with van der Waals surface area (Å²) in [7, 11) is 0. The van der Waals surface area contributed by atoms with Gasteiger partial charge in [-0.3, -0.25) is 4.79 Å². The van der Waals surface area contributed by atoms with Crippen molar-refractivity contribution in [1.82, 2.24) is 15.2 Å². The number of hydrogen-bond donors (Lipinski definition) is 2. The smallest absolute Gasteiger partial charge is 0.254 e. The van der Waals surface area contributed by atoms with Gasteiger partial charge in [0.05, 0.1) is 0 Å². The Balaban J connectivity index is 1.32. The Hall–Kier alpha value is -3.37. The lowest BCUT2D eigenvalue weighted by atomic mass is 9.91. The Morgan fingerprint density at radius 2 is 1.71 bits per heavy atom. The zero-order chi connectivity index (χ0) is 23.5. The Labute approximate surface area is 202 Å². The van der Waals surface area contributed by atoms with Gasteiger partial charge < -0.3 is 15.2 Å². The second-order valence-corrected chi connectivity index (χ2v) is 9.70. The molecule has 2 heterocycles. The molecule has 1 aromatic heterocycles. The molecule has 4 aromatic rings. The Morgan fingerprint density at radius 3 is 2.47 bits per heavy atom. The van der Waals surface area contributed by atoms with Crippen LogP contribution < -0.4 is 5.32 Å². The maximum Gasteiger partial charge on any atom is 0.254 e. The molecule has 1 aliphatic heterocycles. The monoisotopic (exact) mass is 451 g/mol. The molecule has 1 aliphatic rings. The van der Waals surface area contributed by atoms with Gasteiger partial charge in [0.2, 0.25) is 0 Å². The fraction of sp³-hybridized carbons (Fsp3) is 0.300. The fourth-order valence-corrected chi connectivity index (χ4v) is 5.33. The van der Waals surface area contributed by atoms with Crippen LogP contribution in [0.1, 0.15) is 45.6 Å². The second-order valence-electron chi connectivity index (χ2n) is 9.70. The van der Waals surface area contributed by atoms with Gasteiger partial charge in [-0.2, -0.15) is 0 Å². The quantitative estimate of drug-likeness (QED) is 0.390. The van der Waals surface area contributed by atoms with E-state index in [1.807, 2.05) is 18.2 Å². The summed E-state index contributed by atoms with van der Waals surface area (Å²) in [6, 6.07) is 27.9. The summed E-state index contributed by atoms with van der Waals surface area (Å²) in [4.78, 5) is 19.2. The largest absolute Gasteiger partial charge is 0.357 e. The molecule has 4 nitrogen and oxygen atoms in total. The molecule has 0 saturated carbocycles. The van der Waals surface area contributed by atoms with Crippen LogP contribution in [0.25, 0.3) is 10.9 Å². The number of piperidine rings is 1. The predicted molar refractivity (Wildman–Crippen MR) is 139 cm³/mol. The number of aromatic nitrogens is 1. The van der Waals surface area contributed by atoms with Crippen LogP contribution in [0.5, 0.6) is 0 Å². The number of para-hydroxylation sites is 1. The summed E-state index contributed by atoms with van der Waals surface area (Å²) >= 11 is 0. The van der Waals surface area contributed by atoms with Crippen molar-refractivity contribution in [2.24, 2.45) is 0 Å². The van der Waals surface area contributed by atoms with E-state index >= 15 is 0 Å². The van der Waals surface area contributed by atoms with E-state index < -0.39 is 0 Å². The van der Waals surface area contributed by atoms with Crippen LogP contribution in [-0.4, -0.2) is 34.4 Å². The predicted octanol–water partition coefficient (Wildman–Crippen LogP) is 5.79. The Morgan fingerprint density at radius 1 is 0.971 bits per heavy atom. The lowest BCUT2D eigenvalue weighted by Crippen LogP contribution is -2.51. The molecule has 2 N–H and O–H groups in total. The van der Waals surface area contributed by atoms with Crippen molar-refractivity contribution in [2.75, 3.05) is 6.54 Å². The maximum absolute atomic E-state index is 13.6. The van der Waals surface area contributed by atoms with Gasteiger partial charge in [0.1, 0.15) is 0 Å². The summed E-state index contributed by atoms with van der Waals surface area (Å²) in [5, 5.41) is 5.01. The third kappa shape index (κ3) is 5.07. The molecule has 1 fully saturated rings. The summed E-state index contributed by atoms with van der Waals surface area (Å²) in [5.41, 5.74) is 6.74. The zero-order valence-corrected chi connectivity index (χ0v) is 20.1. The van der Waals surface area contributed by atoms with E-state index in [2.05, 4.69) is 89.7 Å². The molecule has 0 bridgehead atoms. The summed E-state index contributed by atoms with van der Waals surface area (Å²) in [5.74, 6) is 0.154. The molecular formula is C30H33N3O. The van der Waals surface area contributed by atoms with Crippen LogP contribution in [-0.2, 0) is 13.0 Å². The van der Waals surface area contributed by atoms with Gasteiger partial charge in [-0.15, -0.1) is 0 Å². The van der Waals surface area contributed by atoms with Crippen LogP contribution in [0.3, 0.4) is 0 Å². The average Bonchev–Trinajstić information content (AvgIpc) is 3.26.